The summed E-state index contributed by atoms with van der Waals surface area (Å²) in [4.78, 5) is 37.9. The van der Waals surface area contributed by atoms with Gasteiger partial charge in [0.05, 0.1) is 32.0 Å². The van der Waals surface area contributed by atoms with Crippen LogP contribution in [-0.2, 0) is 25.9 Å². The van der Waals surface area contributed by atoms with Crippen molar-refractivity contribution < 1.29 is 37.4 Å². The summed E-state index contributed by atoms with van der Waals surface area (Å²) >= 11 is 0. The van der Waals surface area contributed by atoms with Crippen LogP contribution in [0.5, 0.6) is 23.0 Å². The molecule has 0 saturated heterocycles. The number of benzene rings is 6. The predicted molar refractivity (Wildman–Crippen MR) is 280 cm³/mol. The third-order valence-electron chi connectivity index (χ3n) is 11.4. The summed E-state index contributed by atoms with van der Waals surface area (Å²) in [6.45, 7) is 9.62. The Morgan fingerprint density at radius 1 is 0.569 bits per heavy atom. The van der Waals surface area contributed by atoms with E-state index >= 15 is 0 Å². The van der Waals surface area contributed by atoms with Crippen LogP contribution in [0.2, 0.25) is 0 Å². The second kappa shape index (κ2) is 25.7. The molecule has 0 radical (unpaired) electrons. The predicted octanol–water partition coefficient (Wildman–Crippen LogP) is 13.2. The Morgan fingerprint density at radius 2 is 1.04 bits per heavy atom. The molecule has 0 bridgehead atoms. The molecule has 12 nitrogen and oxygen atoms in total. The maximum atomic E-state index is 12.7. The average Bonchev–Trinajstić information content (AvgIpc) is 3.99. The first-order valence-electron chi connectivity index (χ1n) is 23.7. The number of carbonyl (C=O) groups is 2. The van der Waals surface area contributed by atoms with Crippen LogP contribution in [0.3, 0.4) is 0 Å². The van der Waals surface area contributed by atoms with E-state index in [1.165, 1.54) is 0 Å². The Morgan fingerprint density at radius 3 is 1.56 bits per heavy atom. The van der Waals surface area contributed by atoms with Crippen LogP contribution < -0.4 is 18.9 Å². The molecular weight excluding hydrogens is 905 g/mol. The van der Waals surface area contributed by atoms with E-state index in [1.54, 1.807) is 72.6 Å². The summed E-state index contributed by atoms with van der Waals surface area (Å²) in [6.07, 6.45) is 4.50. The molecule has 0 saturated carbocycles. The number of aromatic nitrogens is 2. The van der Waals surface area contributed by atoms with Gasteiger partial charge in [0.1, 0.15) is 34.5 Å². The zero-order valence-corrected chi connectivity index (χ0v) is 41.5. The first-order valence-corrected chi connectivity index (χ1v) is 23.7. The number of nitrogens with zero attached hydrogens (tertiary/aromatic N) is 4. The number of hydrogen-bond acceptors (Lipinski definition) is 10. The van der Waals surface area contributed by atoms with Crippen molar-refractivity contribution in [2.75, 3.05) is 27.3 Å². The summed E-state index contributed by atoms with van der Waals surface area (Å²) in [6, 6.07) is 49.6. The molecule has 0 aliphatic carbocycles. The van der Waals surface area contributed by atoms with E-state index in [1.807, 2.05) is 131 Å². The Balaban J connectivity index is 0.000000211. The van der Waals surface area contributed by atoms with Crippen molar-refractivity contribution >= 4 is 18.3 Å². The normalized spacial score (nSPS) is 10.6. The first kappa shape index (κ1) is 51.0. The maximum Gasteiger partial charge on any atom is 0.415 e. The molecule has 8 aromatic rings. The molecule has 2 heterocycles. The van der Waals surface area contributed by atoms with E-state index in [0.29, 0.717) is 73.8 Å². The van der Waals surface area contributed by atoms with Crippen LogP contribution in [-0.4, -0.2) is 59.3 Å². The van der Waals surface area contributed by atoms with E-state index in [-0.39, 0.29) is 6.09 Å². The molecule has 366 valence electrons. The molecule has 2 aromatic heterocycles. The molecule has 6 aromatic carbocycles. The fraction of sp³-hybridized carbons (Fsp3) is 0.200. The number of methoxy groups -OCH3 is 2. The number of hydrogen-bond donors (Lipinski definition) is 0. The molecular formula is C60H58N4O8. The molecule has 12 heteroatoms. The minimum absolute atomic E-state index is 0.390. The highest BCUT2D eigenvalue weighted by Crippen LogP contribution is 2.25. The van der Waals surface area contributed by atoms with Gasteiger partial charge in [-0.25, -0.2) is 19.6 Å². The van der Waals surface area contributed by atoms with Gasteiger partial charge in [0.15, 0.2) is 0 Å². The summed E-state index contributed by atoms with van der Waals surface area (Å²) < 4.78 is 33.0. The quantitative estimate of drug-likeness (QED) is 0.0863. The van der Waals surface area contributed by atoms with E-state index in [9.17, 15) is 9.59 Å². The number of amides is 2. The zero-order valence-electron chi connectivity index (χ0n) is 41.5. The lowest BCUT2D eigenvalue weighted by molar-refractivity contribution is 0.151. The molecule has 0 atom stereocenters. The second-order valence-corrected chi connectivity index (χ2v) is 16.4. The van der Waals surface area contributed by atoms with Crippen LogP contribution in [0.4, 0.5) is 9.59 Å². The number of ether oxygens (including phenoxy) is 4. The molecule has 2 amide bonds. The van der Waals surface area contributed by atoms with Gasteiger partial charge in [0.25, 0.3) is 0 Å². The van der Waals surface area contributed by atoms with Gasteiger partial charge in [-0.2, -0.15) is 0 Å². The molecule has 8 rings (SSSR count). The van der Waals surface area contributed by atoms with Crippen molar-refractivity contribution in [3.05, 3.63) is 209 Å². The van der Waals surface area contributed by atoms with E-state index in [2.05, 4.69) is 40.0 Å². The summed E-state index contributed by atoms with van der Waals surface area (Å²) in [5, 5.41) is 0. The lowest BCUT2D eigenvalue weighted by Gasteiger charge is -2.20. The van der Waals surface area contributed by atoms with E-state index in [4.69, 9.17) is 27.8 Å². The van der Waals surface area contributed by atoms with Gasteiger partial charge in [0.2, 0.25) is 11.8 Å². The van der Waals surface area contributed by atoms with E-state index < -0.39 is 6.09 Å². The van der Waals surface area contributed by atoms with Crippen LogP contribution >= 0.6 is 0 Å². The molecule has 0 aliphatic rings. The van der Waals surface area contributed by atoms with Gasteiger partial charge >= 0.3 is 12.2 Å². The second-order valence-electron chi connectivity index (χ2n) is 16.4. The molecule has 0 spiro atoms. The highest BCUT2D eigenvalue weighted by atomic mass is 16.6. The highest BCUT2D eigenvalue weighted by Gasteiger charge is 2.17. The molecule has 0 N–H and O–H groups in total. The Kier molecular flexibility index (Phi) is 18.2. The lowest BCUT2D eigenvalue weighted by atomic mass is 10.1. The van der Waals surface area contributed by atoms with Gasteiger partial charge in [-0.15, -0.1) is 0 Å². The standard InChI is InChI=1S/C30H30N2O4.C30H28N2O4/c2*1-4-32(30(33)36-27-18-16-26(34-3)17-19-27)21-24-12-8-10-23(20-24)11-9-15-28-22(2)35-29(31-28)25-13-6-5-7-14-25/h5-14,16-20H,4,15,21H2,1-3H3;5-8,10,12-14,16-20H,4,15,21H2,1-3H3/b11-9-;. The van der Waals surface area contributed by atoms with Crippen molar-refractivity contribution in [2.45, 2.75) is 53.6 Å². The van der Waals surface area contributed by atoms with Gasteiger partial charge in [0, 0.05) is 49.3 Å². The van der Waals surface area contributed by atoms with Crippen LogP contribution in [0.25, 0.3) is 29.0 Å². The van der Waals surface area contributed by atoms with Crippen LogP contribution in [0, 0.1) is 25.7 Å². The molecule has 0 fully saturated rings. The van der Waals surface area contributed by atoms with Crippen molar-refractivity contribution in [1.29, 1.82) is 0 Å². The van der Waals surface area contributed by atoms with Gasteiger partial charge in [-0.1, -0.05) is 90.7 Å². The van der Waals surface area contributed by atoms with Crippen molar-refractivity contribution in [1.82, 2.24) is 19.8 Å². The van der Waals surface area contributed by atoms with Gasteiger partial charge in [-0.05, 0) is 135 Å². The fourth-order valence-corrected chi connectivity index (χ4v) is 7.37. The average molecular weight is 963 g/mol. The van der Waals surface area contributed by atoms with E-state index in [0.717, 1.165) is 56.3 Å². The summed E-state index contributed by atoms with van der Waals surface area (Å²) in [5.74, 6) is 11.6. The topological polar surface area (TPSA) is 130 Å². The van der Waals surface area contributed by atoms with Crippen molar-refractivity contribution in [3.8, 4) is 57.7 Å². The van der Waals surface area contributed by atoms with Crippen molar-refractivity contribution in [2.24, 2.45) is 0 Å². The maximum absolute atomic E-state index is 12.7. The number of carbonyl (C=O) groups excluding carboxylic acids is 2. The highest BCUT2D eigenvalue weighted by molar-refractivity contribution is 5.71. The first-order chi connectivity index (χ1) is 35.1. The monoisotopic (exact) mass is 962 g/mol. The van der Waals surface area contributed by atoms with Crippen LogP contribution in [0.15, 0.2) is 173 Å². The molecule has 0 unspecified atom stereocenters. The minimum Gasteiger partial charge on any atom is -0.497 e. The lowest BCUT2D eigenvalue weighted by Crippen LogP contribution is -2.32. The Labute approximate surface area is 421 Å². The summed E-state index contributed by atoms with van der Waals surface area (Å²) in [5.41, 5.74) is 7.57. The SMILES string of the molecule is CCN(Cc1cccc(/C=C\Cc2nc(-c3ccccc3)oc2C)c1)C(=O)Oc1ccc(OC)cc1.CCN(Cc1cccc(C#CCc2nc(-c3ccccc3)oc2C)c1)C(=O)Oc1ccc(OC)cc1. The Bertz CT molecular complexity index is 3100. The number of allylic oxidation sites excluding steroid dienone is 1. The molecule has 0 aliphatic heterocycles. The third-order valence-corrected chi connectivity index (χ3v) is 11.4. The summed E-state index contributed by atoms with van der Waals surface area (Å²) in [7, 11) is 3.19. The Hall–Kier alpha value is -8.82. The van der Waals surface area contributed by atoms with Gasteiger partial charge in [-0.3, -0.25) is 0 Å². The minimum atomic E-state index is -0.408. The number of aryl methyl sites for hydroxylation is 2. The van der Waals surface area contributed by atoms with Crippen molar-refractivity contribution in [3.63, 3.8) is 0 Å². The largest absolute Gasteiger partial charge is 0.497 e. The fourth-order valence-electron chi connectivity index (χ4n) is 7.37. The van der Waals surface area contributed by atoms with Gasteiger partial charge < -0.3 is 37.6 Å². The third kappa shape index (κ3) is 14.6. The zero-order chi connectivity index (χ0) is 50.7. The smallest absolute Gasteiger partial charge is 0.415 e. The number of rotatable bonds is 16. The molecule has 72 heavy (non-hydrogen) atoms. The van der Waals surface area contributed by atoms with Crippen LogP contribution in [0.1, 0.15) is 59.0 Å². The number of oxazole rings is 2.